The molecule has 1 spiro atoms. The first kappa shape index (κ1) is 33.3. The minimum Gasteiger partial charge on any atom is -0.465 e. The van der Waals surface area contributed by atoms with Gasteiger partial charge < -0.3 is 39.8 Å². The average molecular weight is 697 g/mol. The molecule has 3 saturated heterocycles. The highest BCUT2D eigenvalue weighted by molar-refractivity contribution is 5.95. The molecule has 1 aromatic carbocycles. The fourth-order valence-electron chi connectivity index (χ4n) is 6.92. The van der Waals surface area contributed by atoms with Crippen molar-refractivity contribution >= 4 is 34.7 Å². The van der Waals surface area contributed by atoms with Gasteiger partial charge in [0.15, 0.2) is 29.9 Å². The SMILES string of the molecule is O=C1COc2ncc(N3CC4(CCN(CC5Cc6c(c(F)c7[nH]c(C8CNCCO8)nc7c6F)C5)CC4)OC3=O)nc2N1.OCC(F)(F)F. The molecule has 2 amide bonds. The second-order valence-corrected chi connectivity index (χ2v) is 12.7. The zero-order valence-electron chi connectivity index (χ0n) is 26.0. The number of benzene rings is 1. The van der Waals surface area contributed by atoms with E-state index in [0.717, 1.165) is 6.54 Å². The lowest BCUT2D eigenvalue weighted by molar-refractivity contribution is -0.159. The third kappa shape index (κ3) is 6.71. The number of hydrogen-bond acceptors (Lipinski definition) is 11. The van der Waals surface area contributed by atoms with Gasteiger partial charge in [0.1, 0.15) is 35.2 Å². The van der Waals surface area contributed by atoms with Gasteiger partial charge in [0.25, 0.3) is 11.8 Å². The number of fused-ring (bicyclic) bond motifs is 3. The van der Waals surface area contributed by atoms with Crippen LogP contribution in [0.5, 0.6) is 5.88 Å². The van der Waals surface area contributed by atoms with Crippen LogP contribution in [0.15, 0.2) is 6.20 Å². The number of aliphatic hydroxyl groups excluding tert-OH is 1. The topological polar surface area (TPSA) is 167 Å². The third-order valence-electron chi connectivity index (χ3n) is 9.30. The quantitative estimate of drug-likeness (QED) is 0.296. The number of aliphatic hydroxyl groups is 1. The second-order valence-electron chi connectivity index (χ2n) is 12.7. The van der Waals surface area contributed by atoms with Gasteiger partial charge in [0.2, 0.25) is 0 Å². The molecule has 6 heterocycles. The van der Waals surface area contributed by atoms with E-state index in [1.807, 2.05) is 0 Å². The number of halogens is 5. The summed E-state index contributed by atoms with van der Waals surface area (Å²) < 4.78 is 79.6. The Morgan fingerprint density at radius 1 is 1.08 bits per heavy atom. The van der Waals surface area contributed by atoms with E-state index in [9.17, 15) is 22.8 Å². The normalized spacial score (nSPS) is 22.3. The number of likely N-dealkylation sites (tertiary alicyclic amines) is 1. The Kier molecular flexibility index (Phi) is 8.78. The molecule has 19 heteroatoms. The Labute approximate surface area is 275 Å². The lowest BCUT2D eigenvalue weighted by Crippen LogP contribution is -2.48. The Morgan fingerprint density at radius 2 is 1.82 bits per heavy atom. The number of imidazole rings is 1. The highest BCUT2D eigenvalue weighted by Crippen LogP contribution is 2.39. The predicted molar refractivity (Wildman–Crippen MR) is 160 cm³/mol. The fourth-order valence-corrected chi connectivity index (χ4v) is 6.92. The zero-order valence-corrected chi connectivity index (χ0v) is 26.0. The number of carbonyl (C=O) groups is 2. The maximum Gasteiger partial charge on any atom is 0.416 e. The molecule has 0 saturated carbocycles. The summed E-state index contributed by atoms with van der Waals surface area (Å²) in [6.45, 7) is 2.29. The number of ether oxygens (including phenoxy) is 3. The number of carbonyl (C=O) groups excluding carboxylic acids is 2. The summed E-state index contributed by atoms with van der Waals surface area (Å²) in [7, 11) is 0. The molecule has 3 fully saturated rings. The highest BCUT2D eigenvalue weighted by Gasteiger charge is 2.48. The number of anilines is 2. The summed E-state index contributed by atoms with van der Waals surface area (Å²) in [6.07, 6.45) is -1.72. The van der Waals surface area contributed by atoms with Crippen LogP contribution < -0.4 is 20.3 Å². The molecule has 0 bridgehead atoms. The van der Waals surface area contributed by atoms with Crippen molar-refractivity contribution in [2.24, 2.45) is 5.92 Å². The molecular formula is C30H33F5N8O6. The molecule has 2 atom stereocenters. The van der Waals surface area contributed by atoms with Crippen molar-refractivity contribution in [2.45, 2.75) is 43.6 Å². The number of nitrogens with one attached hydrogen (secondary N) is 3. The number of H-pyrrole nitrogens is 1. The van der Waals surface area contributed by atoms with Gasteiger partial charge in [-0.1, -0.05) is 0 Å². The van der Waals surface area contributed by atoms with Crippen molar-refractivity contribution in [1.29, 1.82) is 0 Å². The molecule has 0 radical (unpaired) electrons. The van der Waals surface area contributed by atoms with E-state index in [2.05, 4.69) is 35.5 Å². The van der Waals surface area contributed by atoms with Crippen molar-refractivity contribution < 1.29 is 50.9 Å². The zero-order chi connectivity index (χ0) is 34.5. The molecular weight excluding hydrogens is 663 g/mol. The van der Waals surface area contributed by atoms with E-state index in [4.69, 9.17) is 19.3 Å². The van der Waals surface area contributed by atoms with Crippen LogP contribution in [0.2, 0.25) is 0 Å². The van der Waals surface area contributed by atoms with Crippen LogP contribution in [0, 0.1) is 17.6 Å². The smallest absolute Gasteiger partial charge is 0.416 e. The number of alkyl halides is 3. The van der Waals surface area contributed by atoms with Crippen molar-refractivity contribution in [3.05, 3.63) is 34.8 Å². The Bertz CT molecular complexity index is 1710. The molecule has 2 aromatic heterocycles. The van der Waals surface area contributed by atoms with Gasteiger partial charge in [0.05, 0.1) is 19.3 Å². The molecule has 264 valence electrons. The predicted octanol–water partition coefficient (Wildman–Crippen LogP) is 2.37. The van der Waals surface area contributed by atoms with E-state index >= 15 is 8.78 Å². The number of aromatic nitrogens is 4. The van der Waals surface area contributed by atoms with Crippen molar-refractivity contribution in [1.82, 2.24) is 30.2 Å². The molecule has 1 aliphatic carbocycles. The number of nitrogens with zero attached hydrogens (tertiary/aromatic N) is 5. The Hall–Kier alpha value is -4.20. The number of piperidine rings is 1. The van der Waals surface area contributed by atoms with Crippen LogP contribution in [0.4, 0.5) is 38.4 Å². The van der Waals surface area contributed by atoms with Crippen molar-refractivity contribution in [3.63, 3.8) is 0 Å². The lowest BCUT2D eigenvalue weighted by atomic mass is 9.90. The van der Waals surface area contributed by atoms with Crippen LogP contribution in [-0.4, -0.2) is 113 Å². The van der Waals surface area contributed by atoms with Gasteiger partial charge in [-0.05, 0) is 29.9 Å². The first-order valence-corrected chi connectivity index (χ1v) is 15.8. The van der Waals surface area contributed by atoms with E-state index < -0.39 is 36.1 Å². The second kappa shape index (κ2) is 12.9. The monoisotopic (exact) mass is 696 g/mol. The standard InChI is InChI=1S/C28H30F2N8O5.C2H3F3O/c29-20-15-7-14(8-16(15)21(30)23-22(20)35-24(36-23)17-9-31-3-6-41-17)11-37-4-1-28(2-5-37)13-38(27(40)43-28)18-10-32-26-25(33-18)34-19(39)12-42-26;3-2(4,5)1-6/h10,14,17,31H,1-9,11-13H2,(H,35,36)(H,33,34,39);6H,1H2. The van der Waals surface area contributed by atoms with Crippen LogP contribution in [0.1, 0.15) is 35.9 Å². The van der Waals surface area contributed by atoms with Gasteiger partial charge >= 0.3 is 12.3 Å². The average Bonchev–Trinajstić information content (AvgIpc) is 3.81. The molecule has 2 unspecified atom stereocenters. The number of morpholine rings is 1. The molecule has 49 heavy (non-hydrogen) atoms. The number of aromatic amines is 1. The van der Waals surface area contributed by atoms with Gasteiger partial charge in [-0.3, -0.25) is 9.69 Å². The minimum atomic E-state index is -4.40. The van der Waals surface area contributed by atoms with Crippen LogP contribution in [0.25, 0.3) is 11.0 Å². The van der Waals surface area contributed by atoms with Crippen LogP contribution in [-0.2, 0) is 27.1 Å². The molecule has 3 aromatic rings. The van der Waals surface area contributed by atoms with Gasteiger partial charge in [-0.2, -0.15) is 13.2 Å². The van der Waals surface area contributed by atoms with Gasteiger partial charge in [-0.25, -0.2) is 28.5 Å². The minimum absolute atomic E-state index is 0.0344. The molecule has 4 aliphatic heterocycles. The molecule has 4 N–H and O–H groups in total. The van der Waals surface area contributed by atoms with E-state index in [1.54, 1.807) is 0 Å². The summed E-state index contributed by atoms with van der Waals surface area (Å²) in [5.41, 5.74) is 0.313. The first-order chi connectivity index (χ1) is 23.4. The maximum absolute atomic E-state index is 15.6. The number of amides is 2. The molecule has 5 aliphatic rings. The fraction of sp³-hybridized carbons (Fsp3) is 0.567. The van der Waals surface area contributed by atoms with E-state index in [0.29, 0.717) is 82.0 Å². The molecule has 8 rings (SSSR count). The summed E-state index contributed by atoms with van der Waals surface area (Å²) in [4.78, 5) is 44.1. The van der Waals surface area contributed by atoms with E-state index in [-0.39, 0.29) is 53.1 Å². The third-order valence-corrected chi connectivity index (χ3v) is 9.30. The van der Waals surface area contributed by atoms with Crippen molar-refractivity contribution in [2.75, 3.05) is 69.3 Å². The van der Waals surface area contributed by atoms with Gasteiger partial charge in [-0.15, -0.1) is 0 Å². The largest absolute Gasteiger partial charge is 0.465 e. The van der Waals surface area contributed by atoms with Gasteiger partial charge in [0, 0.05) is 45.6 Å². The summed E-state index contributed by atoms with van der Waals surface area (Å²) in [6, 6.07) is 0. The molecule has 14 nitrogen and oxygen atoms in total. The summed E-state index contributed by atoms with van der Waals surface area (Å²) in [5, 5.41) is 13.1. The van der Waals surface area contributed by atoms with Crippen LogP contribution in [0.3, 0.4) is 0 Å². The summed E-state index contributed by atoms with van der Waals surface area (Å²) in [5.74, 6) is -0.0560. The lowest BCUT2D eigenvalue weighted by Gasteiger charge is -2.38. The first-order valence-electron chi connectivity index (χ1n) is 15.8. The van der Waals surface area contributed by atoms with Crippen molar-refractivity contribution in [3.8, 4) is 5.88 Å². The Morgan fingerprint density at radius 3 is 2.51 bits per heavy atom. The van der Waals surface area contributed by atoms with E-state index in [1.165, 1.54) is 11.1 Å². The number of rotatable bonds is 4. The maximum atomic E-state index is 15.6. The van der Waals surface area contributed by atoms with Crippen LogP contribution >= 0.6 is 0 Å². The highest BCUT2D eigenvalue weighted by atomic mass is 19.4. The number of hydrogen-bond donors (Lipinski definition) is 4. The summed E-state index contributed by atoms with van der Waals surface area (Å²) >= 11 is 0. The Balaban J connectivity index is 0.000000581.